The lowest BCUT2D eigenvalue weighted by atomic mass is 10.0. The molecule has 37 heavy (non-hydrogen) atoms. The topological polar surface area (TPSA) is 91.0 Å². The van der Waals surface area contributed by atoms with Gasteiger partial charge in [0.15, 0.2) is 0 Å². The van der Waals surface area contributed by atoms with E-state index in [2.05, 4.69) is 9.89 Å². The maximum atomic E-state index is 12.9. The van der Waals surface area contributed by atoms with E-state index in [0.29, 0.717) is 37.6 Å². The second-order valence-electron chi connectivity index (χ2n) is 8.51. The number of nitrogens with zero attached hydrogens (tertiary/aromatic N) is 1. The second kappa shape index (κ2) is 12.1. The maximum absolute atomic E-state index is 12.9. The number of halogens is 3. The quantitative estimate of drug-likeness (QED) is 0.261. The van der Waals surface area contributed by atoms with E-state index in [0.717, 1.165) is 18.4 Å². The summed E-state index contributed by atoms with van der Waals surface area (Å²) in [5.41, 5.74) is 2.10. The van der Waals surface area contributed by atoms with E-state index in [9.17, 15) is 18.0 Å². The minimum atomic E-state index is -4.83. The van der Waals surface area contributed by atoms with Gasteiger partial charge in [-0.1, -0.05) is 41.6 Å². The SMILES string of the molecule is O=C(O)c1cccc(/C=C/COCCCOCc2c(-c3ccccc3OC(F)(F)F)noc2C2CC2)c1. The van der Waals surface area contributed by atoms with E-state index >= 15 is 0 Å². The molecular formula is C27H26F3NO6. The molecule has 1 saturated carbocycles. The number of hydrogen-bond acceptors (Lipinski definition) is 6. The Bertz CT molecular complexity index is 1230. The van der Waals surface area contributed by atoms with E-state index in [-0.39, 0.29) is 35.1 Å². The summed E-state index contributed by atoms with van der Waals surface area (Å²) in [7, 11) is 0. The summed E-state index contributed by atoms with van der Waals surface area (Å²) in [6.45, 7) is 1.31. The average Bonchev–Trinajstić information content (AvgIpc) is 3.62. The highest BCUT2D eigenvalue weighted by atomic mass is 19.4. The highest BCUT2D eigenvalue weighted by Gasteiger charge is 2.35. The third kappa shape index (κ3) is 7.68. The number of aromatic carboxylic acids is 1. The monoisotopic (exact) mass is 517 g/mol. The molecule has 0 bridgehead atoms. The molecule has 4 rings (SSSR count). The minimum Gasteiger partial charge on any atom is -0.478 e. The first-order chi connectivity index (χ1) is 17.8. The number of carbonyl (C=O) groups is 1. The Hall–Kier alpha value is -3.63. The van der Waals surface area contributed by atoms with Crippen molar-refractivity contribution in [3.63, 3.8) is 0 Å². The molecule has 1 N–H and O–H groups in total. The van der Waals surface area contributed by atoms with Gasteiger partial charge in [-0.2, -0.15) is 0 Å². The van der Waals surface area contributed by atoms with E-state index in [1.54, 1.807) is 36.4 Å². The summed E-state index contributed by atoms with van der Waals surface area (Å²) >= 11 is 0. The van der Waals surface area contributed by atoms with E-state index in [1.807, 2.05) is 0 Å². The molecule has 7 nitrogen and oxygen atoms in total. The first-order valence-corrected chi connectivity index (χ1v) is 11.8. The third-order valence-corrected chi connectivity index (χ3v) is 5.62. The lowest BCUT2D eigenvalue weighted by Gasteiger charge is -2.13. The predicted molar refractivity (Wildman–Crippen MR) is 128 cm³/mol. The van der Waals surface area contributed by atoms with Gasteiger partial charge in [-0.25, -0.2) is 4.79 Å². The summed E-state index contributed by atoms with van der Waals surface area (Å²) in [5, 5.41) is 13.1. The molecule has 1 heterocycles. The molecule has 0 aliphatic heterocycles. The Balaban J connectivity index is 1.27. The Labute approximate surface area is 211 Å². The van der Waals surface area contributed by atoms with Crippen LogP contribution in [-0.4, -0.2) is 42.4 Å². The zero-order valence-corrected chi connectivity index (χ0v) is 19.9. The fraction of sp³-hybridized carbons (Fsp3) is 0.333. The fourth-order valence-corrected chi connectivity index (χ4v) is 3.76. The lowest BCUT2D eigenvalue weighted by molar-refractivity contribution is -0.274. The standard InChI is InChI=1S/C27H26F3NO6/c28-27(29,30)36-23-10-2-1-9-21(23)24-22(25(37-31-24)19-11-12-19)17-35-15-5-14-34-13-4-7-18-6-3-8-20(16-18)26(32)33/h1-4,6-10,16,19H,5,11-15,17H2,(H,32,33)/b7-4+. The number of carboxylic acids is 1. The van der Waals surface area contributed by atoms with Crippen molar-refractivity contribution < 1.29 is 41.8 Å². The zero-order valence-electron chi connectivity index (χ0n) is 19.9. The number of hydrogen-bond donors (Lipinski definition) is 1. The van der Waals surface area contributed by atoms with Crippen molar-refractivity contribution in [3.8, 4) is 17.0 Å². The van der Waals surface area contributed by atoms with Gasteiger partial charge in [0, 0.05) is 30.3 Å². The van der Waals surface area contributed by atoms with E-state index in [1.165, 1.54) is 24.3 Å². The van der Waals surface area contributed by atoms with Crippen LogP contribution in [0.1, 0.15) is 52.4 Å². The largest absolute Gasteiger partial charge is 0.573 e. The molecule has 196 valence electrons. The Morgan fingerprint density at radius 3 is 2.65 bits per heavy atom. The first-order valence-electron chi connectivity index (χ1n) is 11.8. The van der Waals surface area contributed by atoms with Crippen LogP contribution in [0.5, 0.6) is 5.75 Å². The van der Waals surface area contributed by atoms with Crippen LogP contribution in [0.4, 0.5) is 13.2 Å². The summed E-state index contributed by atoms with van der Waals surface area (Å²) in [6.07, 6.45) is 1.24. The van der Waals surface area contributed by atoms with Crippen molar-refractivity contribution in [2.24, 2.45) is 0 Å². The van der Waals surface area contributed by atoms with Gasteiger partial charge in [-0.15, -0.1) is 13.2 Å². The summed E-state index contributed by atoms with van der Waals surface area (Å²) in [5.74, 6) is -0.483. The molecule has 0 atom stereocenters. The van der Waals surface area contributed by atoms with Gasteiger partial charge in [0.25, 0.3) is 0 Å². The van der Waals surface area contributed by atoms with Crippen LogP contribution in [0.3, 0.4) is 0 Å². The second-order valence-corrected chi connectivity index (χ2v) is 8.51. The fourth-order valence-electron chi connectivity index (χ4n) is 3.76. The smallest absolute Gasteiger partial charge is 0.478 e. The van der Waals surface area contributed by atoms with Crippen LogP contribution in [-0.2, 0) is 16.1 Å². The first kappa shape index (κ1) is 26.4. The summed E-state index contributed by atoms with van der Waals surface area (Å²) in [4.78, 5) is 11.0. The van der Waals surface area contributed by atoms with Crippen LogP contribution in [0.25, 0.3) is 17.3 Å². The molecule has 0 unspecified atom stereocenters. The van der Waals surface area contributed by atoms with Crippen molar-refractivity contribution in [3.05, 3.63) is 77.1 Å². The zero-order chi connectivity index (χ0) is 26.3. The number of aromatic nitrogens is 1. The third-order valence-electron chi connectivity index (χ3n) is 5.62. The molecule has 0 radical (unpaired) electrons. The predicted octanol–water partition coefficient (Wildman–Crippen LogP) is 6.45. The van der Waals surface area contributed by atoms with Gasteiger partial charge in [0.1, 0.15) is 17.2 Å². The lowest BCUT2D eigenvalue weighted by Crippen LogP contribution is -2.17. The summed E-state index contributed by atoms with van der Waals surface area (Å²) in [6, 6.07) is 12.4. The molecule has 0 saturated heterocycles. The molecule has 1 fully saturated rings. The minimum absolute atomic E-state index is 0.144. The van der Waals surface area contributed by atoms with Gasteiger partial charge in [0.2, 0.25) is 0 Å². The maximum Gasteiger partial charge on any atom is 0.573 e. The van der Waals surface area contributed by atoms with Crippen molar-refractivity contribution in [2.45, 2.75) is 38.1 Å². The van der Waals surface area contributed by atoms with Crippen molar-refractivity contribution in [2.75, 3.05) is 19.8 Å². The number of carboxylic acid groups (broad SMARTS) is 1. The molecular weight excluding hydrogens is 491 g/mol. The van der Waals surface area contributed by atoms with Gasteiger partial charge >= 0.3 is 12.3 Å². The molecule has 3 aromatic rings. The van der Waals surface area contributed by atoms with Gasteiger partial charge < -0.3 is 23.8 Å². The van der Waals surface area contributed by atoms with Crippen molar-refractivity contribution in [1.82, 2.24) is 5.16 Å². The van der Waals surface area contributed by atoms with Crippen molar-refractivity contribution >= 4 is 12.0 Å². The van der Waals surface area contributed by atoms with Crippen LogP contribution in [0, 0.1) is 0 Å². The number of alkyl halides is 3. The van der Waals surface area contributed by atoms with Gasteiger partial charge in [-0.3, -0.25) is 0 Å². The highest BCUT2D eigenvalue weighted by Crippen LogP contribution is 2.45. The molecule has 1 aromatic heterocycles. The average molecular weight is 518 g/mol. The summed E-state index contributed by atoms with van der Waals surface area (Å²) < 4.78 is 59.7. The normalized spacial score (nSPS) is 13.8. The molecule has 1 aliphatic rings. The van der Waals surface area contributed by atoms with Gasteiger partial charge in [-0.05, 0) is 49.1 Å². The number of para-hydroxylation sites is 1. The number of ether oxygens (including phenoxy) is 3. The number of benzene rings is 2. The molecule has 1 aliphatic carbocycles. The van der Waals surface area contributed by atoms with Gasteiger partial charge in [0.05, 0.1) is 18.8 Å². The molecule has 10 heteroatoms. The van der Waals surface area contributed by atoms with Crippen LogP contribution in [0.15, 0.2) is 59.1 Å². The molecule has 2 aromatic carbocycles. The Morgan fingerprint density at radius 2 is 1.89 bits per heavy atom. The molecule has 0 spiro atoms. The highest BCUT2D eigenvalue weighted by molar-refractivity contribution is 5.88. The van der Waals surface area contributed by atoms with Crippen molar-refractivity contribution in [1.29, 1.82) is 0 Å². The Kier molecular flexibility index (Phi) is 8.62. The molecule has 0 amide bonds. The number of rotatable bonds is 13. The van der Waals surface area contributed by atoms with Crippen LogP contribution >= 0.6 is 0 Å². The van der Waals surface area contributed by atoms with E-state index in [4.69, 9.17) is 19.1 Å². The van der Waals surface area contributed by atoms with E-state index < -0.39 is 12.3 Å². The van der Waals surface area contributed by atoms with Crippen LogP contribution in [0.2, 0.25) is 0 Å². The van der Waals surface area contributed by atoms with Crippen LogP contribution < -0.4 is 4.74 Å². The Morgan fingerprint density at radius 1 is 1.11 bits per heavy atom.